The SMILES string of the molecule is COc1ccccc1[C@H]1CN(S(C)(=O)=O)CCN1C. The molecule has 0 radical (unpaired) electrons. The van der Waals surface area contributed by atoms with E-state index in [0.717, 1.165) is 17.9 Å². The van der Waals surface area contributed by atoms with Crippen LogP contribution >= 0.6 is 0 Å². The average molecular weight is 284 g/mol. The molecular formula is C13H20N2O3S. The molecule has 0 N–H and O–H groups in total. The van der Waals surface area contributed by atoms with Gasteiger partial charge >= 0.3 is 0 Å². The number of sulfonamides is 1. The number of likely N-dealkylation sites (N-methyl/N-ethyl adjacent to an activating group) is 1. The standard InChI is InChI=1S/C13H20N2O3S/c1-14-8-9-15(19(3,16)17)10-12(14)11-6-4-5-7-13(11)18-2/h4-7,12H,8-10H2,1-3H3/t12-/m1/s1. The third kappa shape index (κ3) is 3.08. The van der Waals surface area contributed by atoms with E-state index in [2.05, 4.69) is 4.90 Å². The molecule has 0 spiro atoms. The molecule has 19 heavy (non-hydrogen) atoms. The monoisotopic (exact) mass is 284 g/mol. The van der Waals surface area contributed by atoms with E-state index >= 15 is 0 Å². The molecule has 1 aliphatic rings. The van der Waals surface area contributed by atoms with Crippen molar-refractivity contribution in [2.45, 2.75) is 6.04 Å². The number of nitrogens with zero attached hydrogens (tertiary/aromatic N) is 2. The minimum Gasteiger partial charge on any atom is -0.496 e. The lowest BCUT2D eigenvalue weighted by atomic mass is 10.0. The normalized spacial score (nSPS) is 22.4. The summed E-state index contributed by atoms with van der Waals surface area (Å²) in [5.74, 6) is 0.801. The Morgan fingerprint density at radius 1 is 1.26 bits per heavy atom. The number of hydrogen-bond donors (Lipinski definition) is 0. The van der Waals surface area contributed by atoms with Crippen molar-refractivity contribution in [2.24, 2.45) is 0 Å². The summed E-state index contributed by atoms with van der Waals surface area (Å²) in [6, 6.07) is 7.79. The van der Waals surface area contributed by atoms with Crippen molar-refractivity contribution in [3.8, 4) is 5.75 Å². The van der Waals surface area contributed by atoms with Gasteiger partial charge in [-0.3, -0.25) is 4.90 Å². The summed E-state index contributed by atoms with van der Waals surface area (Å²) in [4.78, 5) is 2.17. The van der Waals surface area contributed by atoms with E-state index < -0.39 is 10.0 Å². The lowest BCUT2D eigenvalue weighted by molar-refractivity contribution is 0.146. The molecule has 0 aromatic heterocycles. The third-order valence-electron chi connectivity index (χ3n) is 3.58. The van der Waals surface area contributed by atoms with Crippen LogP contribution in [0.3, 0.4) is 0 Å². The van der Waals surface area contributed by atoms with Crippen molar-refractivity contribution < 1.29 is 13.2 Å². The number of methoxy groups -OCH3 is 1. The van der Waals surface area contributed by atoms with Crippen LogP contribution in [-0.2, 0) is 10.0 Å². The Kier molecular flexibility index (Phi) is 4.13. The van der Waals surface area contributed by atoms with Crippen LogP contribution in [0.4, 0.5) is 0 Å². The van der Waals surface area contributed by atoms with Crippen LogP contribution in [0.1, 0.15) is 11.6 Å². The van der Waals surface area contributed by atoms with Crippen molar-refractivity contribution >= 4 is 10.0 Å². The molecule has 0 unspecified atom stereocenters. The van der Waals surface area contributed by atoms with Crippen molar-refractivity contribution in [2.75, 3.05) is 40.0 Å². The number of ether oxygens (including phenoxy) is 1. The quantitative estimate of drug-likeness (QED) is 0.829. The van der Waals surface area contributed by atoms with Gasteiger partial charge in [0.25, 0.3) is 0 Å². The second-order valence-corrected chi connectivity index (χ2v) is 6.84. The average Bonchev–Trinajstić information content (AvgIpc) is 2.38. The molecule has 0 aliphatic carbocycles. The van der Waals surface area contributed by atoms with Crippen molar-refractivity contribution in [1.29, 1.82) is 0 Å². The molecule has 1 fully saturated rings. The first kappa shape index (κ1) is 14.3. The van der Waals surface area contributed by atoms with E-state index in [9.17, 15) is 8.42 Å². The van der Waals surface area contributed by atoms with Gasteiger partial charge in [-0.25, -0.2) is 8.42 Å². The molecule has 1 saturated heterocycles. The zero-order valence-electron chi connectivity index (χ0n) is 11.5. The van der Waals surface area contributed by atoms with Gasteiger partial charge in [0, 0.05) is 25.2 Å². The lowest BCUT2D eigenvalue weighted by Gasteiger charge is -2.38. The Labute approximate surface area is 114 Å². The molecule has 0 saturated carbocycles. The molecule has 1 aromatic carbocycles. The summed E-state index contributed by atoms with van der Waals surface area (Å²) in [7, 11) is 0.502. The Morgan fingerprint density at radius 2 is 1.95 bits per heavy atom. The number of hydrogen-bond acceptors (Lipinski definition) is 4. The first-order chi connectivity index (χ1) is 8.93. The van der Waals surface area contributed by atoms with Crippen LogP contribution in [0, 0.1) is 0 Å². The topological polar surface area (TPSA) is 49.9 Å². The molecule has 0 bridgehead atoms. The molecule has 1 atom stereocenters. The highest BCUT2D eigenvalue weighted by atomic mass is 32.2. The molecule has 1 aliphatic heterocycles. The first-order valence-corrected chi connectivity index (χ1v) is 8.06. The molecule has 106 valence electrons. The van der Waals surface area contributed by atoms with Gasteiger partial charge in [0.1, 0.15) is 5.75 Å². The lowest BCUT2D eigenvalue weighted by Crippen LogP contribution is -2.48. The highest BCUT2D eigenvalue weighted by Gasteiger charge is 2.31. The maximum Gasteiger partial charge on any atom is 0.211 e. The Bertz CT molecular complexity index is 545. The first-order valence-electron chi connectivity index (χ1n) is 6.21. The summed E-state index contributed by atoms with van der Waals surface area (Å²) in [5, 5.41) is 0. The predicted octanol–water partition coefficient (Wildman–Crippen LogP) is 0.943. The molecule has 1 aromatic rings. The minimum absolute atomic E-state index is 0.0274. The van der Waals surface area contributed by atoms with Gasteiger partial charge in [-0.1, -0.05) is 18.2 Å². The van der Waals surface area contributed by atoms with Crippen LogP contribution in [0.25, 0.3) is 0 Å². The van der Waals surface area contributed by atoms with Crippen molar-refractivity contribution in [1.82, 2.24) is 9.21 Å². The van der Waals surface area contributed by atoms with Crippen LogP contribution < -0.4 is 4.74 Å². The van der Waals surface area contributed by atoms with E-state index in [0.29, 0.717) is 13.1 Å². The van der Waals surface area contributed by atoms with Gasteiger partial charge in [-0.2, -0.15) is 4.31 Å². The summed E-state index contributed by atoms with van der Waals surface area (Å²) in [5.41, 5.74) is 1.03. The number of piperazine rings is 1. The molecule has 0 amide bonds. The van der Waals surface area contributed by atoms with E-state index in [-0.39, 0.29) is 6.04 Å². The fraction of sp³-hybridized carbons (Fsp3) is 0.538. The third-order valence-corrected chi connectivity index (χ3v) is 4.85. The number of para-hydroxylation sites is 1. The molecule has 6 heteroatoms. The largest absolute Gasteiger partial charge is 0.496 e. The van der Waals surface area contributed by atoms with Crippen LogP contribution in [0.2, 0.25) is 0 Å². The number of benzene rings is 1. The van der Waals surface area contributed by atoms with Gasteiger partial charge in [-0.15, -0.1) is 0 Å². The Morgan fingerprint density at radius 3 is 2.58 bits per heavy atom. The molecular weight excluding hydrogens is 264 g/mol. The fourth-order valence-electron chi connectivity index (χ4n) is 2.43. The Hall–Kier alpha value is -1.11. The maximum absolute atomic E-state index is 11.7. The van der Waals surface area contributed by atoms with Crippen LogP contribution in [-0.4, -0.2) is 57.7 Å². The highest BCUT2D eigenvalue weighted by molar-refractivity contribution is 7.88. The second kappa shape index (κ2) is 5.48. The molecule has 2 rings (SSSR count). The predicted molar refractivity (Wildman–Crippen MR) is 74.8 cm³/mol. The van der Waals surface area contributed by atoms with Gasteiger partial charge in [0.15, 0.2) is 0 Å². The van der Waals surface area contributed by atoms with E-state index in [1.54, 1.807) is 7.11 Å². The van der Waals surface area contributed by atoms with Gasteiger partial charge in [0.2, 0.25) is 10.0 Å². The zero-order valence-corrected chi connectivity index (χ0v) is 12.4. The zero-order chi connectivity index (χ0) is 14.0. The highest BCUT2D eigenvalue weighted by Crippen LogP contribution is 2.31. The second-order valence-electron chi connectivity index (χ2n) is 4.86. The summed E-state index contributed by atoms with van der Waals surface area (Å²) in [6.45, 7) is 1.73. The van der Waals surface area contributed by atoms with E-state index in [1.165, 1.54) is 10.6 Å². The fourth-order valence-corrected chi connectivity index (χ4v) is 3.25. The molecule has 5 nitrogen and oxygen atoms in total. The minimum atomic E-state index is -3.14. The summed E-state index contributed by atoms with van der Waals surface area (Å²) >= 11 is 0. The van der Waals surface area contributed by atoms with E-state index in [4.69, 9.17) is 4.74 Å². The van der Waals surface area contributed by atoms with Gasteiger partial charge < -0.3 is 4.74 Å². The van der Waals surface area contributed by atoms with Gasteiger partial charge in [0.05, 0.1) is 19.4 Å². The smallest absolute Gasteiger partial charge is 0.211 e. The Balaban J connectivity index is 2.31. The molecule has 1 heterocycles. The summed E-state index contributed by atoms with van der Waals surface area (Å²) in [6.07, 6.45) is 1.26. The number of rotatable bonds is 3. The maximum atomic E-state index is 11.7. The van der Waals surface area contributed by atoms with Gasteiger partial charge in [-0.05, 0) is 13.1 Å². The van der Waals surface area contributed by atoms with Crippen molar-refractivity contribution in [3.63, 3.8) is 0 Å². The summed E-state index contributed by atoms with van der Waals surface area (Å²) < 4.78 is 30.3. The van der Waals surface area contributed by atoms with E-state index in [1.807, 2.05) is 31.3 Å². The van der Waals surface area contributed by atoms with Crippen molar-refractivity contribution in [3.05, 3.63) is 29.8 Å². The van der Waals surface area contributed by atoms with Crippen LogP contribution in [0.5, 0.6) is 5.75 Å². The van der Waals surface area contributed by atoms with Crippen LogP contribution in [0.15, 0.2) is 24.3 Å².